The lowest BCUT2D eigenvalue weighted by atomic mass is 10.0. The summed E-state index contributed by atoms with van der Waals surface area (Å²) in [6.45, 7) is 0. The third-order valence-electron chi connectivity index (χ3n) is 4.38. The number of nitrogens with zero attached hydrogens (tertiary/aromatic N) is 2. The monoisotopic (exact) mass is 367 g/mol. The summed E-state index contributed by atoms with van der Waals surface area (Å²) in [7, 11) is 0. The van der Waals surface area contributed by atoms with Gasteiger partial charge >= 0.3 is 0 Å². The first-order valence-electron chi connectivity index (χ1n) is 8.70. The van der Waals surface area contributed by atoms with Crippen LogP contribution in [-0.2, 0) is 4.79 Å². The molecule has 0 fully saturated rings. The van der Waals surface area contributed by atoms with Gasteiger partial charge in [-0.3, -0.25) is 4.79 Å². The maximum absolute atomic E-state index is 13.1. The van der Waals surface area contributed by atoms with Gasteiger partial charge in [-0.1, -0.05) is 72.8 Å². The average Bonchev–Trinajstić information content (AvgIpc) is 3.06. The number of anilines is 1. The van der Waals surface area contributed by atoms with Crippen LogP contribution in [-0.4, -0.2) is 17.6 Å². The van der Waals surface area contributed by atoms with Crippen LogP contribution in [0.2, 0.25) is 0 Å². The van der Waals surface area contributed by atoms with Gasteiger partial charge in [0.2, 0.25) is 0 Å². The quantitative estimate of drug-likeness (QED) is 0.666. The molecule has 0 bridgehead atoms. The first-order chi connectivity index (χ1) is 13.6. The number of carboxylic acids is 1. The second-order valence-electron chi connectivity index (χ2n) is 6.23. The first kappa shape index (κ1) is 17.4. The number of carbonyl (C=O) groups excluding carboxylic acids is 2. The standard InChI is InChI=1S/C23H16N2O3/c26-22-20(15-16-7-3-1-4-8-16)21(17-9-5-2-6-10-17)24-25(22)19-13-11-18(12-14-19)23(27)28/h1-15H,(H,27,28)/p-1/b20-15-. The molecule has 1 heterocycles. The van der Waals surface area contributed by atoms with E-state index in [1.165, 1.54) is 17.1 Å². The van der Waals surface area contributed by atoms with Crippen LogP contribution in [0.25, 0.3) is 6.08 Å². The normalized spacial score (nSPS) is 15.0. The summed E-state index contributed by atoms with van der Waals surface area (Å²) in [6.07, 6.45) is 1.81. The smallest absolute Gasteiger partial charge is 0.281 e. The highest BCUT2D eigenvalue weighted by Crippen LogP contribution is 2.28. The zero-order valence-electron chi connectivity index (χ0n) is 14.8. The van der Waals surface area contributed by atoms with Crippen LogP contribution in [0, 0.1) is 0 Å². The van der Waals surface area contributed by atoms with E-state index < -0.39 is 5.97 Å². The lowest BCUT2D eigenvalue weighted by Gasteiger charge is -2.12. The van der Waals surface area contributed by atoms with E-state index in [2.05, 4.69) is 5.10 Å². The summed E-state index contributed by atoms with van der Waals surface area (Å²) < 4.78 is 0. The highest BCUT2D eigenvalue weighted by Gasteiger charge is 2.31. The Morgan fingerprint density at radius 2 is 1.46 bits per heavy atom. The van der Waals surface area contributed by atoms with Crippen LogP contribution in [0.5, 0.6) is 0 Å². The van der Waals surface area contributed by atoms with Gasteiger partial charge in [-0.25, -0.2) is 0 Å². The molecule has 0 unspecified atom stereocenters. The van der Waals surface area contributed by atoms with E-state index in [0.29, 0.717) is 17.0 Å². The van der Waals surface area contributed by atoms with Gasteiger partial charge in [-0.2, -0.15) is 10.1 Å². The molecule has 0 saturated heterocycles. The topological polar surface area (TPSA) is 72.8 Å². The lowest BCUT2D eigenvalue weighted by molar-refractivity contribution is -0.255. The fraction of sp³-hybridized carbons (Fsp3) is 0. The zero-order valence-corrected chi connectivity index (χ0v) is 14.8. The Balaban J connectivity index is 1.79. The minimum atomic E-state index is -1.27. The molecule has 1 aliphatic heterocycles. The molecule has 136 valence electrons. The van der Waals surface area contributed by atoms with E-state index >= 15 is 0 Å². The van der Waals surface area contributed by atoms with Crippen molar-refractivity contribution in [2.75, 3.05) is 5.01 Å². The summed E-state index contributed by atoms with van der Waals surface area (Å²) in [5.74, 6) is -1.54. The molecule has 0 spiro atoms. The molecule has 5 nitrogen and oxygen atoms in total. The number of aromatic carboxylic acids is 1. The van der Waals surface area contributed by atoms with E-state index in [0.717, 1.165) is 11.1 Å². The Kier molecular flexibility index (Phi) is 4.56. The third kappa shape index (κ3) is 3.33. The number of hydrogen-bond donors (Lipinski definition) is 0. The summed E-state index contributed by atoms with van der Waals surface area (Å²) >= 11 is 0. The van der Waals surface area contributed by atoms with Crippen molar-refractivity contribution >= 4 is 29.4 Å². The summed E-state index contributed by atoms with van der Waals surface area (Å²) in [6, 6.07) is 24.9. The molecule has 1 amide bonds. The number of carboxylic acid groups (broad SMARTS) is 1. The van der Waals surface area contributed by atoms with Gasteiger partial charge in [-0.05, 0) is 29.3 Å². The average molecular weight is 367 g/mol. The van der Waals surface area contributed by atoms with Crippen LogP contribution in [0.4, 0.5) is 5.69 Å². The highest BCUT2D eigenvalue weighted by atomic mass is 16.4. The minimum absolute atomic E-state index is 0.0442. The van der Waals surface area contributed by atoms with E-state index in [9.17, 15) is 14.7 Å². The molecule has 0 N–H and O–H groups in total. The van der Waals surface area contributed by atoms with Crippen molar-refractivity contribution in [1.82, 2.24) is 0 Å². The summed E-state index contributed by atoms with van der Waals surface area (Å²) in [4.78, 5) is 24.1. The molecule has 0 radical (unpaired) electrons. The Bertz CT molecular complexity index is 1090. The second-order valence-corrected chi connectivity index (χ2v) is 6.23. The predicted molar refractivity (Wildman–Crippen MR) is 106 cm³/mol. The zero-order chi connectivity index (χ0) is 19.5. The van der Waals surface area contributed by atoms with Crippen LogP contribution in [0.15, 0.2) is 95.6 Å². The molecular weight excluding hydrogens is 352 g/mol. The molecule has 3 aromatic rings. The predicted octanol–water partition coefficient (Wildman–Crippen LogP) is 2.88. The Labute approximate surface area is 161 Å². The highest BCUT2D eigenvalue weighted by molar-refractivity contribution is 6.37. The largest absolute Gasteiger partial charge is 0.545 e. The number of rotatable bonds is 4. The molecule has 5 heteroatoms. The van der Waals surface area contributed by atoms with Crippen molar-refractivity contribution in [2.45, 2.75) is 0 Å². The van der Waals surface area contributed by atoms with E-state index in [4.69, 9.17) is 0 Å². The van der Waals surface area contributed by atoms with Gasteiger partial charge in [0.05, 0.1) is 17.2 Å². The fourth-order valence-electron chi connectivity index (χ4n) is 2.98. The molecule has 0 aliphatic carbocycles. The van der Waals surface area contributed by atoms with Gasteiger partial charge in [-0.15, -0.1) is 0 Å². The van der Waals surface area contributed by atoms with Crippen molar-refractivity contribution in [2.24, 2.45) is 5.10 Å². The SMILES string of the molecule is O=C([O-])c1ccc(N2N=C(c3ccccc3)/C(=C/c3ccccc3)C2=O)cc1. The van der Waals surface area contributed by atoms with Gasteiger partial charge in [0, 0.05) is 5.56 Å². The number of amides is 1. The number of hydrazone groups is 1. The molecule has 0 atom stereocenters. The number of benzene rings is 3. The molecule has 1 aliphatic rings. The summed E-state index contributed by atoms with van der Waals surface area (Å²) in [5, 5.41) is 16.8. The summed E-state index contributed by atoms with van der Waals surface area (Å²) in [5.41, 5.74) is 3.29. The Hall–Kier alpha value is -3.99. The molecular formula is C23H15N2O3-. The van der Waals surface area contributed by atoms with Crippen LogP contribution in [0.1, 0.15) is 21.5 Å². The van der Waals surface area contributed by atoms with E-state index in [1.807, 2.05) is 66.7 Å². The van der Waals surface area contributed by atoms with Crippen molar-refractivity contribution in [3.8, 4) is 0 Å². The lowest BCUT2D eigenvalue weighted by Crippen LogP contribution is -2.23. The Morgan fingerprint density at radius 3 is 2.07 bits per heavy atom. The van der Waals surface area contributed by atoms with Gasteiger partial charge < -0.3 is 9.90 Å². The fourth-order valence-corrected chi connectivity index (χ4v) is 2.98. The minimum Gasteiger partial charge on any atom is -0.545 e. The molecule has 4 rings (SSSR count). The maximum Gasteiger partial charge on any atom is 0.281 e. The van der Waals surface area contributed by atoms with Gasteiger partial charge in [0.15, 0.2) is 0 Å². The van der Waals surface area contributed by atoms with Crippen molar-refractivity contribution in [3.05, 3.63) is 107 Å². The van der Waals surface area contributed by atoms with Crippen LogP contribution in [0.3, 0.4) is 0 Å². The van der Waals surface area contributed by atoms with Crippen molar-refractivity contribution < 1.29 is 14.7 Å². The van der Waals surface area contributed by atoms with Crippen LogP contribution >= 0.6 is 0 Å². The third-order valence-corrected chi connectivity index (χ3v) is 4.38. The Morgan fingerprint density at radius 1 is 0.857 bits per heavy atom. The van der Waals surface area contributed by atoms with Crippen molar-refractivity contribution in [1.29, 1.82) is 0 Å². The second kappa shape index (κ2) is 7.32. The maximum atomic E-state index is 13.1. The molecule has 28 heavy (non-hydrogen) atoms. The van der Waals surface area contributed by atoms with E-state index in [-0.39, 0.29) is 11.5 Å². The van der Waals surface area contributed by atoms with E-state index in [1.54, 1.807) is 12.1 Å². The van der Waals surface area contributed by atoms with Crippen molar-refractivity contribution in [3.63, 3.8) is 0 Å². The number of carbonyl (C=O) groups is 2. The van der Waals surface area contributed by atoms with Gasteiger partial charge in [0.25, 0.3) is 5.91 Å². The molecule has 0 aromatic heterocycles. The van der Waals surface area contributed by atoms with Crippen LogP contribution < -0.4 is 10.1 Å². The number of hydrogen-bond acceptors (Lipinski definition) is 4. The molecule has 3 aromatic carbocycles. The first-order valence-corrected chi connectivity index (χ1v) is 8.70. The van der Waals surface area contributed by atoms with Gasteiger partial charge in [0.1, 0.15) is 5.71 Å². The molecule has 0 saturated carbocycles.